The van der Waals surface area contributed by atoms with E-state index in [1.807, 2.05) is 7.05 Å². The van der Waals surface area contributed by atoms with Gasteiger partial charge in [0.2, 0.25) is 0 Å². The molecule has 0 amide bonds. The maximum Gasteiger partial charge on any atom is 0.123 e. The lowest BCUT2D eigenvalue weighted by atomic mass is 10.0. The van der Waals surface area contributed by atoms with Crippen LogP contribution in [0.1, 0.15) is 135 Å². The Morgan fingerprint density at radius 3 is 1.79 bits per heavy atom. The third-order valence-electron chi connectivity index (χ3n) is 7.76. The Hall–Kier alpha value is -1.26. The number of aliphatic hydroxyl groups is 1. The summed E-state index contributed by atoms with van der Waals surface area (Å²) >= 11 is 0. The Kier molecular flexibility index (Phi) is 22.7. The van der Waals surface area contributed by atoms with Crippen LogP contribution in [-0.4, -0.2) is 50.0 Å². The second-order valence-corrected chi connectivity index (χ2v) is 11.4. The molecule has 1 aromatic rings. The third-order valence-corrected chi connectivity index (χ3v) is 7.76. The minimum atomic E-state index is 0.180. The average Bonchev–Trinajstić information content (AvgIpc) is 2.91. The Morgan fingerprint density at radius 1 is 0.684 bits per heavy atom. The highest BCUT2D eigenvalue weighted by atomic mass is 16.5. The monoisotopic (exact) mass is 533 g/mol. The highest BCUT2D eigenvalue weighted by Gasteiger charge is 2.10. The van der Waals surface area contributed by atoms with Crippen molar-refractivity contribution < 1.29 is 14.6 Å². The maximum absolute atomic E-state index is 9.12. The van der Waals surface area contributed by atoms with E-state index in [9.17, 15) is 0 Å². The molecule has 1 unspecified atom stereocenters. The van der Waals surface area contributed by atoms with Crippen LogP contribution in [0.25, 0.3) is 0 Å². The lowest BCUT2D eigenvalue weighted by molar-refractivity contribution is 0.191. The van der Waals surface area contributed by atoms with E-state index in [-0.39, 0.29) is 6.61 Å². The second-order valence-electron chi connectivity index (χ2n) is 11.4. The predicted octanol–water partition coefficient (Wildman–Crippen LogP) is 9.22. The van der Waals surface area contributed by atoms with Crippen molar-refractivity contribution in [3.8, 4) is 11.5 Å². The summed E-state index contributed by atoms with van der Waals surface area (Å²) < 4.78 is 12.4. The van der Waals surface area contributed by atoms with E-state index in [1.54, 1.807) is 0 Å². The molecule has 0 aromatic heterocycles. The number of hydrogen-bond donors (Lipinski definition) is 1. The molecule has 0 radical (unpaired) electrons. The molecule has 0 spiro atoms. The van der Waals surface area contributed by atoms with Gasteiger partial charge in [-0.25, -0.2) is 0 Å². The van der Waals surface area contributed by atoms with Gasteiger partial charge in [0.15, 0.2) is 0 Å². The van der Waals surface area contributed by atoms with Crippen molar-refractivity contribution in [2.75, 3.05) is 40.0 Å². The average molecular weight is 534 g/mol. The number of nitrogens with zero attached hydrogens (tertiary/aromatic N) is 1. The topological polar surface area (TPSA) is 41.9 Å². The molecule has 4 nitrogen and oxygen atoms in total. The summed E-state index contributed by atoms with van der Waals surface area (Å²) in [5.41, 5.74) is 1.32. The first-order valence-corrected chi connectivity index (χ1v) is 16.3. The van der Waals surface area contributed by atoms with Gasteiger partial charge in [-0.15, -0.1) is 0 Å². The predicted molar refractivity (Wildman–Crippen MR) is 165 cm³/mol. The van der Waals surface area contributed by atoms with E-state index in [0.717, 1.165) is 31.1 Å². The highest BCUT2D eigenvalue weighted by molar-refractivity contribution is 5.38. The normalized spacial score (nSPS) is 12.3. The molecule has 0 fully saturated rings. The van der Waals surface area contributed by atoms with E-state index in [1.165, 1.54) is 115 Å². The van der Waals surface area contributed by atoms with Crippen molar-refractivity contribution in [3.05, 3.63) is 23.8 Å². The van der Waals surface area contributed by atoms with Crippen LogP contribution in [0.2, 0.25) is 0 Å². The summed E-state index contributed by atoms with van der Waals surface area (Å²) in [7, 11) is 2.01. The van der Waals surface area contributed by atoms with Gasteiger partial charge in [0, 0.05) is 19.2 Å². The fourth-order valence-electron chi connectivity index (χ4n) is 5.00. The van der Waals surface area contributed by atoms with Crippen molar-refractivity contribution in [2.24, 2.45) is 5.92 Å². The summed E-state index contributed by atoms with van der Waals surface area (Å²) in [6.07, 6.45) is 24.0. The molecule has 0 bridgehead atoms. The van der Waals surface area contributed by atoms with E-state index in [4.69, 9.17) is 14.6 Å². The molecule has 1 N–H and O–H groups in total. The number of benzene rings is 1. The van der Waals surface area contributed by atoms with Crippen LogP contribution in [0.3, 0.4) is 0 Å². The molecule has 4 heteroatoms. The molecular weight excluding hydrogens is 470 g/mol. The molecular formula is C34H63NO3. The van der Waals surface area contributed by atoms with Gasteiger partial charge >= 0.3 is 0 Å². The zero-order chi connectivity index (χ0) is 27.7. The van der Waals surface area contributed by atoms with Gasteiger partial charge < -0.3 is 19.5 Å². The molecule has 1 atom stereocenters. The molecule has 1 aromatic carbocycles. The van der Waals surface area contributed by atoms with Gasteiger partial charge in [-0.2, -0.15) is 0 Å². The molecule has 0 saturated carbocycles. The minimum absolute atomic E-state index is 0.180. The molecule has 0 saturated heterocycles. The number of ether oxygens (including phenoxy) is 2. The van der Waals surface area contributed by atoms with Crippen molar-refractivity contribution in [1.29, 1.82) is 0 Å². The van der Waals surface area contributed by atoms with Crippen LogP contribution >= 0.6 is 0 Å². The smallest absolute Gasteiger partial charge is 0.123 e. The zero-order valence-corrected chi connectivity index (χ0v) is 25.8. The van der Waals surface area contributed by atoms with Crippen molar-refractivity contribution >= 4 is 0 Å². The first kappa shape index (κ1) is 34.8. The number of hydrogen-bond acceptors (Lipinski definition) is 4. The summed E-state index contributed by atoms with van der Waals surface area (Å²) in [5, 5.41) is 9.12. The Bertz CT molecular complexity index is 651. The van der Waals surface area contributed by atoms with E-state index >= 15 is 0 Å². The fourth-order valence-corrected chi connectivity index (χ4v) is 5.00. The Balaban J connectivity index is 2.43. The van der Waals surface area contributed by atoms with Crippen LogP contribution < -0.4 is 9.47 Å². The number of unbranched alkanes of at least 4 members (excludes halogenated alkanes) is 13. The van der Waals surface area contributed by atoms with Crippen LogP contribution in [0.15, 0.2) is 18.2 Å². The van der Waals surface area contributed by atoms with Gasteiger partial charge in [0.25, 0.3) is 0 Å². The van der Waals surface area contributed by atoms with E-state index < -0.39 is 0 Å². The molecule has 0 heterocycles. The number of likely N-dealkylation sites (N-methyl/N-ethyl adjacent to an activating group) is 1. The first-order valence-electron chi connectivity index (χ1n) is 16.3. The van der Waals surface area contributed by atoms with Crippen molar-refractivity contribution in [2.45, 2.75) is 136 Å². The molecule has 38 heavy (non-hydrogen) atoms. The molecule has 0 aliphatic carbocycles. The number of aliphatic hydroxyl groups excluding tert-OH is 1. The summed E-state index contributed by atoms with van der Waals surface area (Å²) in [4.78, 5) is 2.09. The Labute approximate surface area is 236 Å². The van der Waals surface area contributed by atoms with Crippen molar-refractivity contribution in [1.82, 2.24) is 4.90 Å². The van der Waals surface area contributed by atoms with Crippen molar-refractivity contribution in [3.63, 3.8) is 0 Å². The fraction of sp³-hybridized carbons (Fsp3) is 0.824. The highest BCUT2D eigenvalue weighted by Crippen LogP contribution is 2.26. The van der Waals surface area contributed by atoms with Gasteiger partial charge in [-0.3, -0.25) is 0 Å². The van der Waals surface area contributed by atoms with E-state index in [0.29, 0.717) is 19.1 Å². The zero-order valence-electron chi connectivity index (χ0n) is 25.8. The minimum Gasteiger partial charge on any atom is -0.493 e. The van der Waals surface area contributed by atoms with Gasteiger partial charge in [-0.05, 0) is 49.9 Å². The first-order chi connectivity index (χ1) is 18.6. The number of rotatable bonds is 27. The third kappa shape index (κ3) is 18.9. The Morgan fingerprint density at radius 2 is 1.24 bits per heavy atom. The second kappa shape index (κ2) is 24.8. The summed E-state index contributed by atoms with van der Waals surface area (Å²) in [6.45, 7) is 9.88. The van der Waals surface area contributed by atoms with Gasteiger partial charge in [0.05, 0.1) is 13.2 Å². The van der Waals surface area contributed by atoms with Gasteiger partial charge in [-0.1, -0.05) is 117 Å². The van der Waals surface area contributed by atoms with Crippen LogP contribution in [0.5, 0.6) is 11.5 Å². The molecule has 0 aliphatic heterocycles. The molecule has 222 valence electrons. The van der Waals surface area contributed by atoms with E-state index in [2.05, 4.69) is 43.9 Å². The SMILES string of the molecule is CCCCCCCCCCCCCCCc1cc(OCCN(C)CCO)cc(OCC(CC)CCCC)c1. The van der Waals surface area contributed by atoms with Crippen LogP contribution in [-0.2, 0) is 6.42 Å². The largest absolute Gasteiger partial charge is 0.493 e. The molecule has 1 rings (SSSR count). The standard InChI is InChI=1S/C34H63NO3/c1-5-8-10-11-12-13-14-15-16-17-18-19-20-22-32-27-33(37-26-24-35(4)23-25-36)29-34(28-32)38-30-31(7-3)21-9-6-2/h27-29,31,36H,5-26,30H2,1-4H3. The van der Waals surface area contributed by atoms with Crippen LogP contribution in [0, 0.1) is 5.92 Å². The lowest BCUT2D eigenvalue weighted by Gasteiger charge is -2.18. The summed E-state index contributed by atoms with van der Waals surface area (Å²) in [5.74, 6) is 2.48. The maximum atomic E-state index is 9.12. The number of aryl methyl sites for hydroxylation is 1. The van der Waals surface area contributed by atoms with Gasteiger partial charge in [0.1, 0.15) is 18.1 Å². The molecule has 0 aliphatic rings. The quantitative estimate of drug-likeness (QED) is 0.114. The lowest BCUT2D eigenvalue weighted by Crippen LogP contribution is -2.27. The van der Waals surface area contributed by atoms with Crippen LogP contribution in [0.4, 0.5) is 0 Å². The summed E-state index contributed by atoms with van der Waals surface area (Å²) in [6, 6.07) is 6.50.